The first-order chi connectivity index (χ1) is 18.7. The number of pyridine rings is 2. The Morgan fingerprint density at radius 1 is 1.11 bits per heavy atom. The Bertz CT molecular complexity index is 1630. The van der Waals surface area contributed by atoms with Gasteiger partial charge in [0.25, 0.3) is 0 Å². The standard InChI is InChI=1S/C30H31N7S/c1-3-20(9-7-15-37-13-5-6-14-37)17-21(4-2)23-11-12-24-28(32-23)29(36-35-24)30-33-25-19-31-18-22(27(25)34-30)26-10-8-16-38-26/h3-4,8,10-12,16-19H,1,5-7,9,13-15H2,2H3,(H,33,34)(H,35,36)/b20-17+,21-4+. The van der Waals surface area contributed by atoms with E-state index in [1.165, 1.54) is 31.5 Å². The van der Waals surface area contributed by atoms with Crippen molar-refractivity contribution in [2.45, 2.75) is 32.6 Å². The van der Waals surface area contributed by atoms with Crippen molar-refractivity contribution in [2.75, 3.05) is 19.6 Å². The molecule has 5 aromatic rings. The first kappa shape index (κ1) is 24.5. The summed E-state index contributed by atoms with van der Waals surface area (Å²) in [6.07, 6.45) is 14.8. The molecule has 6 heterocycles. The number of fused-ring (bicyclic) bond motifs is 2. The molecule has 0 saturated carbocycles. The van der Waals surface area contributed by atoms with Gasteiger partial charge in [-0.15, -0.1) is 11.3 Å². The topological polar surface area (TPSA) is 86.4 Å². The second-order valence-corrected chi connectivity index (χ2v) is 10.6. The van der Waals surface area contributed by atoms with Crippen LogP contribution in [0.4, 0.5) is 0 Å². The summed E-state index contributed by atoms with van der Waals surface area (Å²) in [6, 6.07) is 8.20. The van der Waals surface area contributed by atoms with Crippen LogP contribution in [0.3, 0.4) is 0 Å². The predicted octanol–water partition coefficient (Wildman–Crippen LogP) is 7.02. The monoisotopic (exact) mass is 521 g/mol. The molecule has 0 spiro atoms. The van der Waals surface area contributed by atoms with Crippen molar-refractivity contribution in [3.05, 3.63) is 78.1 Å². The number of hydrogen-bond acceptors (Lipinski definition) is 6. The minimum absolute atomic E-state index is 0.674. The Balaban J connectivity index is 1.30. The maximum atomic E-state index is 5.03. The summed E-state index contributed by atoms with van der Waals surface area (Å²) in [6.45, 7) is 9.75. The SMILES string of the molecule is C=C/C(=C\C(=C/C)c1ccc2[nH]nc(-c3nc4c(-c5cccs5)cncc4[nH]3)c2n1)CCCN1CCCC1. The van der Waals surface area contributed by atoms with Crippen LogP contribution in [0.5, 0.6) is 0 Å². The molecule has 0 aliphatic carbocycles. The molecule has 0 bridgehead atoms. The van der Waals surface area contributed by atoms with Gasteiger partial charge in [-0.2, -0.15) is 5.10 Å². The lowest BCUT2D eigenvalue weighted by atomic mass is 10.0. The molecule has 6 rings (SSSR count). The molecule has 0 unspecified atom stereocenters. The Kier molecular flexibility index (Phi) is 6.98. The molecule has 8 heteroatoms. The van der Waals surface area contributed by atoms with Crippen LogP contribution in [0.2, 0.25) is 0 Å². The van der Waals surface area contributed by atoms with Crippen LogP contribution in [0.15, 0.2) is 72.4 Å². The highest BCUT2D eigenvalue weighted by atomic mass is 32.1. The number of nitrogens with zero attached hydrogens (tertiary/aromatic N) is 5. The lowest BCUT2D eigenvalue weighted by Gasteiger charge is -2.14. The van der Waals surface area contributed by atoms with Crippen molar-refractivity contribution in [3.8, 4) is 22.0 Å². The van der Waals surface area contributed by atoms with Crippen molar-refractivity contribution < 1.29 is 0 Å². The molecule has 38 heavy (non-hydrogen) atoms. The molecule has 192 valence electrons. The van der Waals surface area contributed by atoms with Crippen LogP contribution in [0.25, 0.3) is 49.6 Å². The highest BCUT2D eigenvalue weighted by Crippen LogP contribution is 2.33. The molecule has 0 atom stereocenters. The van der Waals surface area contributed by atoms with Crippen LogP contribution in [-0.4, -0.2) is 54.7 Å². The first-order valence-electron chi connectivity index (χ1n) is 13.2. The number of aromatic nitrogens is 6. The highest BCUT2D eigenvalue weighted by molar-refractivity contribution is 7.13. The Labute approximate surface area is 226 Å². The van der Waals surface area contributed by atoms with E-state index in [9.17, 15) is 0 Å². The van der Waals surface area contributed by atoms with Crippen LogP contribution in [0, 0.1) is 0 Å². The quantitative estimate of drug-likeness (QED) is 0.204. The summed E-state index contributed by atoms with van der Waals surface area (Å²) in [4.78, 5) is 21.5. The normalized spacial score (nSPS) is 15.2. The van der Waals surface area contributed by atoms with E-state index in [4.69, 9.17) is 9.97 Å². The fourth-order valence-electron chi connectivity index (χ4n) is 5.13. The van der Waals surface area contributed by atoms with Crippen LogP contribution in [0.1, 0.15) is 38.3 Å². The molecule has 0 aromatic carbocycles. The molecule has 1 fully saturated rings. The summed E-state index contributed by atoms with van der Waals surface area (Å²) in [5, 5.41) is 9.76. The van der Waals surface area contributed by atoms with Crippen LogP contribution in [-0.2, 0) is 0 Å². The summed E-state index contributed by atoms with van der Waals surface area (Å²) in [7, 11) is 0. The maximum Gasteiger partial charge on any atom is 0.161 e. The summed E-state index contributed by atoms with van der Waals surface area (Å²) >= 11 is 1.68. The third-order valence-corrected chi connectivity index (χ3v) is 8.06. The zero-order valence-corrected chi connectivity index (χ0v) is 22.4. The number of nitrogens with one attached hydrogen (secondary N) is 2. The third kappa shape index (κ3) is 4.85. The molecule has 1 aliphatic heterocycles. The van der Waals surface area contributed by atoms with Gasteiger partial charge in [0.05, 0.1) is 22.9 Å². The first-order valence-corrected chi connectivity index (χ1v) is 14.1. The molecule has 7 nitrogen and oxygen atoms in total. The van der Waals surface area contributed by atoms with Gasteiger partial charge in [-0.1, -0.05) is 24.8 Å². The fourth-order valence-corrected chi connectivity index (χ4v) is 5.87. The van der Waals surface area contributed by atoms with Gasteiger partial charge < -0.3 is 9.88 Å². The Morgan fingerprint density at radius 3 is 2.79 bits per heavy atom. The average molecular weight is 522 g/mol. The van der Waals surface area contributed by atoms with Crippen molar-refractivity contribution in [3.63, 3.8) is 0 Å². The Hall–Kier alpha value is -3.88. The minimum Gasteiger partial charge on any atom is -0.335 e. The summed E-state index contributed by atoms with van der Waals surface area (Å²) in [5.41, 5.74) is 8.33. The van der Waals surface area contributed by atoms with E-state index in [0.29, 0.717) is 11.5 Å². The third-order valence-electron chi connectivity index (χ3n) is 7.16. The number of H-pyrrole nitrogens is 2. The second-order valence-electron chi connectivity index (χ2n) is 9.63. The fraction of sp³-hybridized carbons (Fsp3) is 0.267. The van der Waals surface area contributed by atoms with Gasteiger partial charge in [0.2, 0.25) is 0 Å². The molecule has 1 saturated heterocycles. The van der Waals surface area contributed by atoms with Gasteiger partial charge in [-0.05, 0) is 93.0 Å². The molecule has 1 aliphatic rings. The number of thiophene rings is 1. The van der Waals surface area contributed by atoms with E-state index in [1.807, 2.05) is 30.5 Å². The zero-order valence-electron chi connectivity index (χ0n) is 21.6. The number of rotatable bonds is 9. The molecule has 2 N–H and O–H groups in total. The lowest BCUT2D eigenvalue weighted by Crippen LogP contribution is -2.20. The lowest BCUT2D eigenvalue weighted by molar-refractivity contribution is 0.334. The predicted molar refractivity (Wildman–Crippen MR) is 157 cm³/mol. The molecule has 0 amide bonds. The number of imidazole rings is 1. The summed E-state index contributed by atoms with van der Waals surface area (Å²) < 4.78 is 0. The zero-order chi connectivity index (χ0) is 25.9. The number of allylic oxidation sites excluding steroid dienone is 5. The van der Waals surface area contributed by atoms with E-state index in [1.54, 1.807) is 17.5 Å². The molecular weight excluding hydrogens is 490 g/mol. The van der Waals surface area contributed by atoms with Gasteiger partial charge in [-0.25, -0.2) is 9.97 Å². The summed E-state index contributed by atoms with van der Waals surface area (Å²) in [5.74, 6) is 0.674. The van der Waals surface area contributed by atoms with Gasteiger partial charge >= 0.3 is 0 Å². The van der Waals surface area contributed by atoms with E-state index >= 15 is 0 Å². The number of hydrogen-bond donors (Lipinski definition) is 2. The van der Waals surface area contributed by atoms with Crippen LogP contribution < -0.4 is 0 Å². The molecule has 5 aromatic heterocycles. The van der Waals surface area contributed by atoms with Crippen molar-refractivity contribution >= 4 is 39.0 Å². The van der Waals surface area contributed by atoms with Crippen LogP contribution >= 0.6 is 11.3 Å². The second kappa shape index (κ2) is 10.8. The molecule has 0 radical (unpaired) electrons. The van der Waals surface area contributed by atoms with Crippen molar-refractivity contribution in [1.29, 1.82) is 0 Å². The van der Waals surface area contributed by atoms with Gasteiger partial charge in [0.15, 0.2) is 11.5 Å². The highest BCUT2D eigenvalue weighted by Gasteiger charge is 2.18. The van der Waals surface area contributed by atoms with Gasteiger partial charge in [0, 0.05) is 16.6 Å². The number of aromatic amines is 2. The van der Waals surface area contributed by atoms with E-state index in [0.717, 1.165) is 63.2 Å². The van der Waals surface area contributed by atoms with E-state index in [-0.39, 0.29) is 0 Å². The largest absolute Gasteiger partial charge is 0.335 e. The number of likely N-dealkylation sites (tertiary alicyclic amines) is 1. The van der Waals surface area contributed by atoms with Gasteiger partial charge in [-0.3, -0.25) is 10.1 Å². The maximum absolute atomic E-state index is 5.03. The molecular formula is C30H31N7S. The van der Waals surface area contributed by atoms with Crippen molar-refractivity contribution in [2.24, 2.45) is 0 Å². The Morgan fingerprint density at radius 2 is 2.00 bits per heavy atom. The van der Waals surface area contributed by atoms with E-state index in [2.05, 4.69) is 62.2 Å². The van der Waals surface area contributed by atoms with E-state index < -0.39 is 0 Å². The van der Waals surface area contributed by atoms with Crippen molar-refractivity contribution in [1.82, 2.24) is 35.0 Å². The minimum atomic E-state index is 0.674. The smallest absolute Gasteiger partial charge is 0.161 e. The van der Waals surface area contributed by atoms with Gasteiger partial charge in [0.1, 0.15) is 11.0 Å². The average Bonchev–Trinajstić information content (AvgIpc) is 3.76.